The van der Waals surface area contributed by atoms with Crippen LogP contribution in [0.5, 0.6) is 0 Å². The minimum absolute atomic E-state index is 0.0245. The predicted octanol–water partition coefficient (Wildman–Crippen LogP) is 5.00. The van der Waals surface area contributed by atoms with E-state index < -0.39 is 29.6 Å². The number of nitrogens with zero attached hydrogens (tertiary/aromatic N) is 1. The molecule has 1 heterocycles. The zero-order chi connectivity index (χ0) is 25.0. The number of hydrogen-bond donors (Lipinski definition) is 1. The van der Waals surface area contributed by atoms with Crippen molar-refractivity contribution in [2.45, 2.75) is 40.3 Å². The number of aromatic amines is 1. The molecule has 1 aromatic heterocycles. The van der Waals surface area contributed by atoms with Gasteiger partial charge in [-0.05, 0) is 75.2 Å². The number of Topliss-reactive ketones (excluding diaryl/α,β-unsaturated/α-hetero) is 1. The van der Waals surface area contributed by atoms with Gasteiger partial charge in [-0.1, -0.05) is 12.1 Å². The van der Waals surface area contributed by atoms with Crippen LogP contribution in [0.3, 0.4) is 0 Å². The third kappa shape index (κ3) is 5.22. The number of carbonyl (C=O) groups is 3. The fourth-order valence-electron chi connectivity index (χ4n) is 3.81. The molecule has 0 aliphatic rings. The van der Waals surface area contributed by atoms with E-state index in [-0.39, 0.29) is 30.2 Å². The van der Waals surface area contributed by atoms with Gasteiger partial charge in [0.25, 0.3) is 5.91 Å². The molecule has 0 aliphatic heterocycles. The van der Waals surface area contributed by atoms with Crippen LogP contribution >= 0.6 is 0 Å². The predicted molar refractivity (Wildman–Crippen MR) is 123 cm³/mol. The quantitative estimate of drug-likeness (QED) is 0.373. The summed E-state index contributed by atoms with van der Waals surface area (Å²) in [5, 5.41) is 0. The van der Waals surface area contributed by atoms with Crippen LogP contribution in [0.1, 0.15) is 61.9 Å². The van der Waals surface area contributed by atoms with Crippen molar-refractivity contribution in [3.05, 3.63) is 93.8 Å². The topological polar surface area (TPSA) is 79.5 Å². The fraction of sp³-hybridized carbons (Fsp3) is 0.269. The number of amides is 1. The van der Waals surface area contributed by atoms with Gasteiger partial charge in [0.15, 0.2) is 5.78 Å². The van der Waals surface area contributed by atoms with Crippen LogP contribution in [-0.4, -0.2) is 40.2 Å². The summed E-state index contributed by atoms with van der Waals surface area (Å²) in [4.78, 5) is 43.5. The first-order valence-corrected chi connectivity index (χ1v) is 10.9. The van der Waals surface area contributed by atoms with Crippen LogP contribution in [0, 0.1) is 25.5 Å². The molecule has 0 aliphatic carbocycles. The number of rotatable bonds is 8. The Morgan fingerprint density at radius 2 is 1.53 bits per heavy atom. The summed E-state index contributed by atoms with van der Waals surface area (Å²) in [5.41, 5.74) is 2.22. The SMILES string of the molecule is CCOC(=O)c1[nH]c(C)c(C(=O)[C@@H](C)N(Cc2ccc(F)cc2)C(=O)c2ccc(F)cc2)c1C. The first-order chi connectivity index (χ1) is 16.1. The van der Waals surface area contributed by atoms with Crippen LogP contribution in [0.25, 0.3) is 0 Å². The van der Waals surface area contributed by atoms with Crippen LogP contribution in [0.2, 0.25) is 0 Å². The highest BCUT2D eigenvalue weighted by atomic mass is 19.1. The van der Waals surface area contributed by atoms with E-state index in [0.29, 0.717) is 22.4 Å². The molecule has 1 N–H and O–H groups in total. The first-order valence-electron chi connectivity index (χ1n) is 10.9. The van der Waals surface area contributed by atoms with Crippen molar-refractivity contribution in [3.63, 3.8) is 0 Å². The molecule has 0 bridgehead atoms. The third-order valence-electron chi connectivity index (χ3n) is 5.63. The van der Waals surface area contributed by atoms with Crippen LogP contribution < -0.4 is 0 Å². The molecular formula is C26H26F2N2O4. The van der Waals surface area contributed by atoms with E-state index in [1.54, 1.807) is 27.7 Å². The number of hydrogen-bond acceptors (Lipinski definition) is 4. The summed E-state index contributed by atoms with van der Waals surface area (Å²) in [5.74, 6) is -2.34. The Labute approximate surface area is 196 Å². The van der Waals surface area contributed by atoms with Crippen molar-refractivity contribution in [2.75, 3.05) is 6.61 Å². The van der Waals surface area contributed by atoms with E-state index in [4.69, 9.17) is 4.74 Å². The summed E-state index contributed by atoms with van der Waals surface area (Å²) >= 11 is 0. The maximum absolute atomic E-state index is 13.6. The highest BCUT2D eigenvalue weighted by molar-refractivity contribution is 6.07. The Morgan fingerprint density at radius 3 is 2.09 bits per heavy atom. The molecular weight excluding hydrogens is 442 g/mol. The zero-order valence-electron chi connectivity index (χ0n) is 19.4. The normalized spacial score (nSPS) is 11.7. The van der Waals surface area contributed by atoms with Gasteiger partial charge >= 0.3 is 5.97 Å². The number of halogens is 2. The standard InChI is InChI=1S/C26H26F2N2O4/c1-5-34-26(33)23-15(2)22(16(3)29-23)24(31)17(4)30(14-18-6-10-20(27)11-7-18)25(32)19-8-12-21(28)13-9-19/h6-13,17,29H,5,14H2,1-4H3/t17-/m1/s1. The van der Waals surface area contributed by atoms with Gasteiger partial charge < -0.3 is 14.6 Å². The van der Waals surface area contributed by atoms with E-state index in [0.717, 1.165) is 0 Å². The zero-order valence-corrected chi connectivity index (χ0v) is 19.4. The van der Waals surface area contributed by atoms with E-state index in [1.807, 2.05) is 0 Å². The van der Waals surface area contributed by atoms with Crippen molar-refractivity contribution in [1.82, 2.24) is 9.88 Å². The van der Waals surface area contributed by atoms with Gasteiger partial charge in [0, 0.05) is 23.4 Å². The third-order valence-corrected chi connectivity index (χ3v) is 5.63. The molecule has 1 atom stereocenters. The van der Waals surface area contributed by atoms with Crippen LogP contribution in [0.15, 0.2) is 48.5 Å². The molecule has 0 unspecified atom stereocenters. The summed E-state index contributed by atoms with van der Waals surface area (Å²) in [6, 6.07) is 9.70. The lowest BCUT2D eigenvalue weighted by atomic mass is 9.98. The van der Waals surface area contributed by atoms with Gasteiger partial charge in [-0.3, -0.25) is 9.59 Å². The smallest absolute Gasteiger partial charge is 0.355 e. The molecule has 34 heavy (non-hydrogen) atoms. The molecule has 3 rings (SSSR count). The molecule has 178 valence electrons. The number of ether oxygens (including phenoxy) is 1. The second-order valence-corrected chi connectivity index (χ2v) is 7.95. The van der Waals surface area contributed by atoms with E-state index in [1.165, 1.54) is 53.4 Å². The number of aromatic nitrogens is 1. The Balaban J connectivity index is 1.99. The molecule has 8 heteroatoms. The molecule has 0 saturated carbocycles. The lowest BCUT2D eigenvalue weighted by Crippen LogP contribution is -2.43. The number of nitrogens with one attached hydrogen (secondary N) is 1. The number of carbonyl (C=O) groups excluding carboxylic acids is 3. The maximum Gasteiger partial charge on any atom is 0.355 e. The second kappa shape index (κ2) is 10.4. The van der Waals surface area contributed by atoms with Gasteiger partial charge in [-0.25, -0.2) is 13.6 Å². The summed E-state index contributed by atoms with van der Waals surface area (Å²) in [7, 11) is 0. The molecule has 3 aromatic rings. The fourth-order valence-corrected chi connectivity index (χ4v) is 3.81. The molecule has 1 amide bonds. The summed E-state index contributed by atoms with van der Waals surface area (Å²) < 4.78 is 31.8. The Bertz CT molecular complexity index is 1200. The monoisotopic (exact) mass is 468 g/mol. The molecule has 0 radical (unpaired) electrons. The summed E-state index contributed by atoms with van der Waals surface area (Å²) in [6.07, 6.45) is 0. The van der Waals surface area contributed by atoms with Gasteiger partial charge in [-0.15, -0.1) is 0 Å². The average Bonchev–Trinajstić information content (AvgIpc) is 3.11. The van der Waals surface area contributed by atoms with Gasteiger partial charge in [0.05, 0.1) is 12.6 Å². The Morgan fingerprint density at radius 1 is 0.971 bits per heavy atom. The second-order valence-electron chi connectivity index (χ2n) is 7.95. The van der Waals surface area contributed by atoms with Crippen LogP contribution in [0.4, 0.5) is 8.78 Å². The lowest BCUT2D eigenvalue weighted by molar-refractivity contribution is 0.0518. The van der Waals surface area contributed by atoms with Crippen molar-refractivity contribution in [3.8, 4) is 0 Å². The Kier molecular flexibility index (Phi) is 7.61. The van der Waals surface area contributed by atoms with Gasteiger partial charge in [0.1, 0.15) is 17.3 Å². The van der Waals surface area contributed by atoms with Crippen molar-refractivity contribution in [1.29, 1.82) is 0 Å². The number of esters is 1. The number of ketones is 1. The van der Waals surface area contributed by atoms with Crippen molar-refractivity contribution >= 4 is 17.7 Å². The van der Waals surface area contributed by atoms with E-state index in [9.17, 15) is 23.2 Å². The van der Waals surface area contributed by atoms with Gasteiger partial charge in [0.2, 0.25) is 0 Å². The molecule has 0 saturated heterocycles. The van der Waals surface area contributed by atoms with Crippen molar-refractivity contribution < 1.29 is 27.9 Å². The first kappa shape index (κ1) is 24.8. The highest BCUT2D eigenvalue weighted by Crippen LogP contribution is 2.24. The number of H-pyrrole nitrogens is 1. The maximum atomic E-state index is 13.6. The number of benzene rings is 2. The molecule has 0 spiro atoms. The van der Waals surface area contributed by atoms with Gasteiger partial charge in [-0.2, -0.15) is 0 Å². The largest absolute Gasteiger partial charge is 0.461 e. The number of aryl methyl sites for hydroxylation is 1. The van der Waals surface area contributed by atoms with Crippen LogP contribution in [-0.2, 0) is 11.3 Å². The minimum Gasteiger partial charge on any atom is -0.461 e. The molecule has 6 nitrogen and oxygen atoms in total. The minimum atomic E-state index is -0.939. The molecule has 2 aromatic carbocycles. The molecule has 0 fully saturated rings. The highest BCUT2D eigenvalue weighted by Gasteiger charge is 2.32. The Hall–Kier alpha value is -3.81. The van der Waals surface area contributed by atoms with Crippen molar-refractivity contribution in [2.24, 2.45) is 0 Å². The summed E-state index contributed by atoms with van der Waals surface area (Å²) in [6.45, 7) is 6.79. The van der Waals surface area contributed by atoms with E-state index >= 15 is 0 Å². The van der Waals surface area contributed by atoms with E-state index in [2.05, 4.69) is 4.98 Å². The lowest BCUT2D eigenvalue weighted by Gasteiger charge is -2.29. The average molecular weight is 469 g/mol.